The molecule has 0 saturated heterocycles. The van der Waals surface area contributed by atoms with E-state index in [0.29, 0.717) is 23.7 Å². The van der Waals surface area contributed by atoms with E-state index in [1.807, 2.05) is 0 Å². The van der Waals surface area contributed by atoms with E-state index >= 15 is 0 Å². The van der Waals surface area contributed by atoms with Crippen LogP contribution in [0.5, 0.6) is 11.5 Å². The van der Waals surface area contributed by atoms with Crippen LogP contribution in [-0.4, -0.2) is 26.8 Å². The minimum atomic E-state index is -0.228. The average molecular weight is 345 g/mol. The van der Waals surface area contributed by atoms with Crippen LogP contribution in [-0.2, 0) is 0 Å². The molecule has 2 amide bonds. The molecule has 112 valence electrons. The predicted octanol–water partition coefficient (Wildman–Crippen LogP) is 3.78. The first-order valence-electron chi connectivity index (χ1n) is 6.58. The number of urea groups is 1. The Morgan fingerprint density at radius 1 is 1.20 bits per heavy atom. The first-order chi connectivity index (χ1) is 9.62. The number of carbonyl (C=O) groups excluding carboxylic acids is 1. The summed E-state index contributed by atoms with van der Waals surface area (Å²) < 4.78 is 11.1. The van der Waals surface area contributed by atoms with Crippen LogP contribution in [0.15, 0.2) is 16.6 Å². The van der Waals surface area contributed by atoms with E-state index in [0.717, 1.165) is 23.7 Å². The SMILES string of the molecule is CCCCCNC(=O)Nc1cc(OC)c(OC)cc1Br. The molecule has 0 bridgehead atoms. The molecular weight excluding hydrogens is 324 g/mol. The molecule has 0 fully saturated rings. The van der Waals surface area contributed by atoms with Gasteiger partial charge in [0.2, 0.25) is 0 Å². The number of hydrogen-bond acceptors (Lipinski definition) is 3. The molecule has 0 aliphatic carbocycles. The van der Waals surface area contributed by atoms with E-state index in [9.17, 15) is 4.79 Å². The van der Waals surface area contributed by atoms with Crippen molar-refractivity contribution in [3.05, 3.63) is 16.6 Å². The monoisotopic (exact) mass is 344 g/mol. The lowest BCUT2D eigenvalue weighted by Crippen LogP contribution is -2.29. The fourth-order valence-electron chi connectivity index (χ4n) is 1.69. The van der Waals surface area contributed by atoms with Crippen molar-refractivity contribution in [1.29, 1.82) is 0 Å². The third-order valence-electron chi connectivity index (χ3n) is 2.79. The maximum absolute atomic E-state index is 11.8. The van der Waals surface area contributed by atoms with Gasteiger partial charge in [-0.1, -0.05) is 19.8 Å². The van der Waals surface area contributed by atoms with Gasteiger partial charge in [-0.3, -0.25) is 0 Å². The number of carbonyl (C=O) groups is 1. The molecule has 5 nitrogen and oxygen atoms in total. The van der Waals surface area contributed by atoms with Gasteiger partial charge >= 0.3 is 6.03 Å². The summed E-state index contributed by atoms with van der Waals surface area (Å²) in [6, 6.07) is 3.24. The number of amides is 2. The minimum absolute atomic E-state index is 0.228. The van der Waals surface area contributed by atoms with Crippen LogP contribution >= 0.6 is 15.9 Å². The van der Waals surface area contributed by atoms with Gasteiger partial charge in [0.05, 0.1) is 19.9 Å². The predicted molar refractivity (Wildman–Crippen MR) is 83.8 cm³/mol. The van der Waals surface area contributed by atoms with Gasteiger partial charge in [-0.05, 0) is 22.4 Å². The lowest BCUT2D eigenvalue weighted by atomic mass is 10.2. The van der Waals surface area contributed by atoms with Crippen LogP contribution in [0.2, 0.25) is 0 Å². The van der Waals surface area contributed by atoms with Gasteiger partial charge in [0, 0.05) is 23.2 Å². The third-order valence-corrected chi connectivity index (χ3v) is 3.44. The van der Waals surface area contributed by atoms with E-state index in [4.69, 9.17) is 9.47 Å². The van der Waals surface area contributed by atoms with Gasteiger partial charge in [0.15, 0.2) is 11.5 Å². The van der Waals surface area contributed by atoms with Gasteiger partial charge in [0.25, 0.3) is 0 Å². The molecule has 0 spiro atoms. The van der Waals surface area contributed by atoms with Gasteiger partial charge in [-0.15, -0.1) is 0 Å². The van der Waals surface area contributed by atoms with Crippen molar-refractivity contribution in [3.8, 4) is 11.5 Å². The zero-order valence-electron chi connectivity index (χ0n) is 12.1. The molecule has 0 aromatic heterocycles. The first kappa shape index (κ1) is 16.6. The van der Waals surface area contributed by atoms with Crippen LogP contribution < -0.4 is 20.1 Å². The second-order valence-corrected chi connectivity index (χ2v) is 5.13. The molecule has 0 aliphatic rings. The summed E-state index contributed by atoms with van der Waals surface area (Å²) in [6.07, 6.45) is 3.22. The second kappa shape index (κ2) is 8.68. The van der Waals surface area contributed by atoms with Crippen molar-refractivity contribution < 1.29 is 14.3 Å². The maximum atomic E-state index is 11.8. The molecule has 1 aromatic carbocycles. The van der Waals surface area contributed by atoms with Gasteiger partial charge in [-0.2, -0.15) is 0 Å². The van der Waals surface area contributed by atoms with Crippen LogP contribution in [0, 0.1) is 0 Å². The number of ether oxygens (including phenoxy) is 2. The van der Waals surface area contributed by atoms with Crippen LogP contribution in [0.4, 0.5) is 10.5 Å². The minimum Gasteiger partial charge on any atom is -0.493 e. The molecule has 0 radical (unpaired) electrons. The van der Waals surface area contributed by atoms with Crippen molar-refractivity contribution in [3.63, 3.8) is 0 Å². The Labute approximate surface area is 128 Å². The van der Waals surface area contributed by atoms with Crippen molar-refractivity contribution >= 4 is 27.6 Å². The highest BCUT2D eigenvalue weighted by Gasteiger charge is 2.11. The van der Waals surface area contributed by atoms with Crippen LogP contribution in [0.3, 0.4) is 0 Å². The average Bonchev–Trinajstić information content (AvgIpc) is 2.45. The molecule has 2 N–H and O–H groups in total. The molecule has 0 aliphatic heterocycles. The summed E-state index contributed by atoms with van der Waals surface area (Å²) in [5.41, 5.74) is 0.635. The molecule has 0 saturated carbocycles. The quantitative estimate of drug-likeness (QED) is 0.740. The van der Waals surface area contributed by atoms with Crippen LogP contribution in [0.1, 0.15) is 26.2 Å². The smallest absolute Gasteiger partial charge is 0.319 e. The molecule has 20 heavy (non-hydrogen) atoms. The van der Waals surface area contributed by atoms with E-state index in [1.54, 1.807) is 26.4 Å². The fourth-order valence-corrected chi connectivity index (χ4v) is 2.11. The molecule has 6 heteroatoms. The Hall–Kier alpha value is -1.43. The summed E-state index contributed by atoms with van der Waals surface area (Å²) >= 11 is 3.39. The van der Waals surface area contributed by atoms with Gasteiger partial charge in [-0.25, -0.2) is 4.79 Å². The Morgan fingerprint density at radius 2 is 1.85 bits per heavy atom. The van der Waals surface area contributed by atoms with E-state index < -0.39 is 0 Å². The maximum Gasteiger partial charge on any atom is 0.319 e. The number of rotatable bonds is 7. The lowest BCUT2D eigenvalue weighted by molar-refractivity contribution is 0.252. The van der Waals surface area contributed by atoms with Crippen molar-refractivity contribution in [2.45, 2.75) is 26.2 Å². The molecule has 0 unspecified atom stereocenters. The summed E-state index contributed by atoms with van der Waals surface area (Å²) in [5, 5.41) is 5.60. The number of nitrogens with one attached hydrogen (secondary N) is 2. The summed E-state index contributed by atoms with van der Waals surface area (Å²) in [7, 11) is 3.12. The van der Waals surface area contributed by atoms with E-state index in [2.05, 4.69) is 33.5 Å². The second-order valence-electron chi connectivity index (χ2n) is 4.28. The molecular formula is C14H21BrN2O3. The van der Waals surface area contributed by atoms with Crippen molar-refractivity contribution in [2.24, 2.45) is 0 Å². The number of benzene rings is 1. The molecule has 0 heterocycles. The number of halogens is 1. The summed E-state index contributed by atoms with van der Waals surface area (Å²) in [5.74, 6) is 1.17. The summed E-state index contributed by atoms with van der Waals surface area (Å²) in [6.45, 7) is 2.80. The standard InChI is InChI=1S/C14H21BrN2O3/c1-4-5-6-7-16-14(18)17-11-9-13(20-3)12(19-2)8-10(11)15/h8-9H,4-7H2,1-3H3,(H2,16,17,18). The number of hydrogen-bond donors (Lipinski definition) is 2. The van der Waals surface area contributed by atoms with Crippen molar-refractivity contribution in [1.82, 2.24) is 5.32 Å². The molecule has 1 aromatic rings. The highest BCUT2D eigenvalue weighted by atomic mass is 79.9. The van der Waals surface area contributed by atoms with Crippen molar-refractivity contribution in [2.75, 3.05) is 26.1 Å². The van der Waals surface area contributed by atoms with Gasteiger partial charge < -0.3 is 20.1 Å². The van der Waals surface area contributed by atoms with E-state index in [1.165, 1.54) is 0 Å². The Balaban J connectivity index is 2.65. The zero-order chi connectivity index (χ0) is 15.0. The number of anilines is 1. The lowest BCUT2D eigenvalue weighted by Gasteiger charge is -2.13. The van der Waals surface area contributed by atoms with Gasteiger partial charge in [0.1, 0.15) is 0 Å². The normalized spacial score (nSPS) is 10.0. The molecule has 1 rings (SSSR count). The highest BCUT2D eigenvalue weighted by molar-refractivity contribution is 9.10. The largest absolute Gasteiger partial charge is 0.493 e. The summed E-state index contributed by atoms with van der Waals surface area (Å²) in [4.78, 5) is 11.8. The third kappa shape index (κ3) is 4.92. The van der Waals surface area contributed by atoms with E-state index in [-0.39, 0.29) is 6.03 Å². The highest BCUT2D eigenvalue weighted by Crippen LogP contribution is 2.36. The Morgan fingerprint density at radius 3 is 2.45 bits per heavy atom. The topological polar surface area (TPSA) is 59.6 Å². The zero-order valence-corrected chi connectivity index (χ0v) is 13.7. The first-order valence-corrected chi connectivity index (χ1v) is 7.38. The fraction of sp³-hybridized carbons (Fsp3) is 0.500. The van der Waals surface area contributed by atoms with Crippen LogP contribution in [0.25, 0.3) is 0 Å². The number of methoxy groups -OCH3 is 2. The number of unbranched alkanes of at least 4 members (excludes halogenated alkanes) is 2. The Kier molecular flexibility index (Phi) is 7.22. The Bertz CT molecular complexity index is 452. The molecule has 0 atom stereocenters.